The standard InChI is InChI=1S/C25H45O6P/c1-4-16-23-24-22(19-28-25(24)26)20-30-32(27,31-23)29-18-15-13-11-9-7-5-6-8-10-12-14-17-21(2)3/h21-22H,4-20H2,1-3H3/t22-,32?/m1/s1. The summed E-state index contributed by atoms with van der Waals surface area (Å²) in [7, 11) is -3.68. The number of unbranched alkanes of at least 4 members (excludes halogenated alkanes) is 10. The molecule has 0 amide bonds. The average Bonchev–Trinajstić information content (AvgIpc) is 3.05. The highest BCUT2D eigenvalue weighted by Gasteiger charge is 2.43. The minimum absolute atomic E-state index is 0.128. The molecule has 1 fully saturated rings. The molecule has 2 aliphatic rings. The molecule has 0 aromatic carbocycles. The van der Waals surface area contributed by atoms with Gasteiger partial charge in [-0.05, 0) is 18.8 Å². The third-order valence-corrected chi connectivity index (χ3v) is 7.56. The Morgan fingerprint density at radius 3 is 2.12 bits per heavy atom. The predicted octanol–water partition coefficient (Wildman–Crippen LogP) is 7.72. The molecule has 0 bridgehead atoms. The third kappa shape index (κ3) is 9.97. The van der Waals surface area contributed by atoms with Crippen LogP contribution >= 0.6 is 7.82 Å². The number of carbonyl (C=O) groups excluding carboxylic acids is 1. The van der Waals surface area contributed by atoms with E-state index in [0.717, 1.165) is 25.2 Å². The van der Waals surface area contributed by atoms with Crippen molar-refractivity contribution in [3.05, 3.63) is 11.3 Å². The maximum atomic E-state index is 13.0. The van der Waals surface area contributed by atoms with Crippen LogP contribution in [-0.4, -0.2) is 25.8 Å². The minimum atomic E-state index is -3.68. The second-order valence-corrected chi connectivity index (χ2v) is 11.2. The minimum Gasteiger partial charge on any atom is -0.461 e. The molecule has 0 aromatic heterocycles. The zero-order valence-corrected chi connectivity index (χ0v) is 21.5. The number of cyclic esters (lactones) is 1. The third-order valence-electron chi connectivity index (χ3n) is 6.15. The fourth-order valence-electron chi connectivity index (χ4n) is 4.26. The van der Waals surface area contributed by atoms with Gasteiger partial charge in [-0.15, -0.1) is 0 Å². The number of esters is 1. The lowest BCUT2D eigenvalue weighted by atomic mass is 10.0. The first kappa shape index (κ1) is 27.4. The maximum absolute atomic E-state index is 13.0. The van der Waals surface area contributed by atoms with Crippen LogP contribution in [0.25, 0.3) is 0 Å². The van der Waals surface area contributed by atoms with Crippen molar-refractivity contribution in [3.63, 3.8) is 0 Å². The number of phosphoric ester groups is 1. The molecule has 0 aliphatic carbocycles. The van der Waals surface area contributed by atoms with Gasteiger partial charge < -0.3 is 9.26 Å². The number of hydrogen-bond donors (Lipinski definition) is 0. The van der Waals surface area contributed by atoms with Crippen molar-refractivity contribution >= 4 is 13.8 Å². The van der Waals surface area contributed by atoms with Gasteiger partial charge in [-0.2, -0.15) is 0 Å². The van der Waals surface area contributed by atoms with E-state index in [9.17, 15) is 9.36 Å². The first-order valence-corrected chi connectivity index (χ1v) is 14.4. The fourth-order valence-corrected chi connectivity index (χ4v) is 5.62. The Morgan fingerprint density at radius 2 is 1.53 bits per heavy atom. The highest BCUT2D eigenvalue weighted by molar-refractivity contribution is 7.48. The van der Waals surface area contributed by atoms with Crippen molar-refractivity contribution in [2.45, 2.75) is 111 Å². The molecule has 2 atom stereocenters. The lowest BCUT2D eigenvalue weighted by molar-refractivity contribution is -0.135. The average molecular weight is 473 g/mol. The summed E-state index contributed by atoms with van der Waals surface area (Å²) >= 11 is 0. The van der Waals surface area contributed by atoms with Gasteiger partial charge in [-0.3, -0.25) is 9.05 Å². The van der Waals surface area contributed by atoms with Crippen molar-refractivity contribution in [1.29, 1.82) is 0 Å². The van der Waals surface area contributed by atoms with Crippen molar-refractivity contribution in [2.24, 2.45) is 11.8 Å². The Balaban J connectivity index is 1.53. The second-order valence-electron chi connectivity index (χ2n) is 9.62. The molecule has 0 N–H and O–H groups in total. The van der Waals surface area contributed by atoms with Gasteiger partial charge in [-0.1, -0.05) is 91.4 Å². The Bertz CT molecular complexity index is 630. The van der Waals surface area contributed by atoms with Crippen LogP contribution in [0, 0.1) is 11.8 Å². The highest BCUT2D eigenvalue weighted by Crippen LogP contribution is 2.55. The van der Waals surface area contributed by atoms with Gasteiger partial charge >= 0.3 is 13.8 Å². The molecule has 2 heterocycles. The van der Waals surface area contributed by atoms with Crippen LogP contribution in [0.4, 0.5) is 0 Å². The molecular formula is C25H45O6P. The van der Waals surface area contributed by atoms with Crippen LogP contribution < -0.4 is 0 Å². The van der Waals surface area contributed by atoms with E-state index in [1.165, 1.54) is 64.2 Å². The lowest BCUT2D eigenvalue weighted by Crippen LogP contribution is -2.10. The zero-order chi connectivity index (χ0) is 23.2. The first-order chi connectivity index (χ1) is 15.4. The van der Waals surface area contributed by atoms with E-state index in [-0.39, 0.29) is 25.1 Å². The molecule has 32 heavy (non-hydrogen) atoms. The van der Waals surface area contributed by atoms with Crippen molar-refractivity contribution in [3.8, 4) is 0 Å². The van der Waals surface area contributed by atoms with Gasteiger partial charge in [0.15, 0.2) is 0 Å². The van der Waals surface area contributed by atoms with Crippen LogP contribution in [0.3, 0.4) is 0 Å². The quantitative estimate of drug-likeness (QED) is 0.123. The molecule has 0 aromatic rings. The summed E-state index contributed by atoms with van der Waals surface area (Å²) in [6, 6.07) is 0. The molecule has 1 saturated heterocycles. The normalized spacial score (nSPS) is 23.2. The Hall–Kier alpha value is -0.840. The summed E-state index contributed by atoms with van der Waals surface area (Å²) in [5.74, 6) is 0.649. The molecule has 6 nitrogen and oxygen atoms in total. The number of hydrogen-bond acceptors (Lipinski definition) is 6. The molecule has 2 rings (SSSR count). The van der Waals surface area contributed by atoms with Gasteiger partial charge in [0.2, 0.25) is 0 Å². The summed E-state index contributed by atoms with van der Waals surface area (Å²) in [6.07, 6.45) is 16.5. The first-order valence-electron chi connectivity index (χ1n) is 12.9. The molecular weight excluding hydrogens is 427 g/mol. The highest BCUT2D eigenvalue weighted by atomic mass is 31.2. The Morgan fingerprint density at radius 1 is 0.938 bits per heavy atom. The predicted molar refractivity (Wildman–Crippen MR) is 127 cm³/mol. The Labute approximate surface area is 195 Å². The van der Waals surface area contributed by atoms with Crippen molar-refractivity contribution < 1.29 is 27.7 Å². The number of allylic oxidation sites excluding steroid dienone is 1. The smallest absolute Gasteiger partial charge is 0.461 e. The number of ether oxygens (including phenoxy) is 1. The molecule has 0 spiro atoms. The van der Waals surface area contributed by atoms with Crippen LogP contribution in [0.1, 0.15) is 111 Å². The molecule has 7 heteroatoms. The van der Waals surface area contributed by atoms with Gasteiger partial charge in [0.1, 0.15) is 12.4 Å². The molecule has 0 radical (unpaired) electrons. The molecule has 2 aliphatic heterocycles. The maximum Gasteiger partial charge on any atom is 0.529 e. The van der Waals surface area contributed by atoms with Crippen LogP contribution in [0.2, 0.25) is 0 Å². The summed E-state index contributed by atoms with van der Waals surface area (Å²) in [6.45, 7) is 7.31. The number of carbonyl (C=O) groups is 1. The molecule has 0 saturated carbocycles. The second kappa shape index (κ2) is 15.1. The summed E-state index contributed by atoms with van der Waals surface area (Å²) in [5, 5.41) is 0. The topological polar surface area (TPSA) is 71.1 Å². The van der Waals surface area contributed by atoms with Gasteiger partial charge in [0, 0.05) is 6.42 Å². The molecule has 186 valence electrons. The lowest BCUT2D eigenvalue weighted by Gasteiger charge is -2.18. The van der Waals surface area contributed by atoms with E-state index in [2.05, 4.69) is 13.8 Å². The van der Waals surface area contributed by atoms with E-state index >= 15 is 0 Å². The summed E-state index contributed by atoms with van der Waals surface area (Å²) < 4.78 is 34.7. The largest absolute Gasteiger partial charge is 0.529 e. The Kier molecular flexibility index (Phi) is 13.0. The molecule has 1 unspecified atom stereocenters. The van der Waals surface area contributed by atoms with Crippen LogP contribution in [-0.2, 0) is 27.7 Å². The van der Waals surface area contributed by atoms with E-state index in [0.29, 0.717) is 24.4 Å². The van der Waals surface area contributed by atoms with Crippen LogP contribution in [0.15, 0.2) is 11.3 Å². The van der Waals surface area contributed by atoms with E-state index in [4.69, 9.17) is 18.3 Å². The number of rotatable bonds is 17. The summed E-state index contributed by atoms with van der Waals surface area (Å²) in [4.78, 5) is 12.0. The SMILES string of the molecule is CCCC1=C2C(=O)OC[C@@H]2COP(=O)(OCCCCCCCCCCCCCC(C)C)O1. The van der Waals surface area contributed by atoms with E-state index in [1.54, 1.807) is 0 Å². The van der Waals surface area contributed by atoms with Gasteiger partial charge in [0.25, 0.3) is 0 Å². The number of fused-ring (bicyclic) bond motifs is 1. The van der Waals surface area contributed by atoms with Gasteiger partial charge in [-0.25, -0.2) is 9.36 Å². The number of phosphoric acid groups is 1. The van der Waals surface area contributed by atoms with Crippen molar-refractivity contribution in [1.82, 2.24) is 0 Å². The zero-order valence-electron chi connectivity index (χ0n) is 20.6. The van der Waals surface area contributed by atoms with Gasteiger partial charge in [0.05, 0.1) is 24.7 Å². The summed E-state index contributed by atoms with van der Waals surface area (Å²) in [5.41, 5.74) is 0.476. The van der Waals surface area contributed by atoms with E-state index < -0.39 is 7.82 Å². The van der Waals surface area contributed by atoms with Crippen molar-refractivity contribution in [2.75, 3.05) is 19.8 Å². The monoisotopic (exact) mass is 472 g/mol. The van der Waals surface area contributed by atoms with E-state index in [1.807, 2.05) is 6.92 Å². The fraction of sp³-hybridized carbons (Fsp3) is 0.880. The van der Waals surface area contributed by atoms with Crippen LogP contribution in [0.5, 0.6) is 0 Å².